The lowest BCUT2D eigenvalue weighted by Gasteiger charge is -2.12. The van der Waals surface area contributed by atoms with E-state index in [4.69, 9.17) is 4.74 Å². The van der Waals surface area contributed by atoms with E-state index in [0.29, 0.717) is 45.7 Å². The number of ether oxygens (including phenoxy) is 1. The van der Waals surface area contributed by atoms with Crippen LogP contribution < -0.4 is 4.74 Å². The van der Waals surface area contributed by atoms with Gasteiger partial charge in [0.25, 0.3) is 11.6 Å². The van der Waals surface area contributed by atoms with Crippen LogP contribution in [0.4, 0.5) is 11.4 Å². The van der Waals surface area contributed by atoms with E-state index in [1.54, 1.807) is 35.4 Å². The van der Waals surface area contributed by atoms with Gasteiger partial charge >= 0.3 is 0 Å². The lowest BCUT2D eigenvalue weighted by molar-refractivity contribution is -0.384. The molecule has 1 aliphatic heterocycles. The van der Waals surface area contributed by atoms with Crippen molar-refractivity contribution in [3.63, 3.8) is 0 Å². The molecular weight excluding hydrogens is 454 g/mol. The molecule has 10 heteroatoms. The number of rotatable bonds is 8. The number of hydrogen-bond acceptors (Lipinski definition) is 7. The highest BCUT2D eigenvalue weighted by Crippen LogP contribution is 2.36. The number of hydrogen-bond donors (Lipinski definition) is 1. The summed E-state index contributed by atoms with van der Waals surface area (Å²) in [6, 6.07) is 13.5. The van der Waals surface area contributed by atoms with Crippen LogP contribution >= 0.6 is 11.8 Å². The van der Waals surface area contributed by atoms with Crippen molar-refractivity contribution in [1.29, 1.82) is 0 Å². The minimum absolute atomic E-state index is 0.0287. The molecule has 0 aliphatic carbocycles. The molecule has 4 rings (SSSR count). The minimum atomic E-state index is -0.453. The highest BCUT2D eigenvalue weighted by Gasteiger charge is 2.33. The summed E-state index contributed by atoms with van der Waals surface area (Å²) >= 11 is 1.24. The smallest absolute Gasteiger partial charge is 0.270 e. The van der Waals surface area contributed by atoms with Crippen LogP contribution in [0.1, 0.15) is 12.5 Å². The van der Waals surface area contributed by atoms with E-state index in [1.165, 1.54) is 23.9 Å². The molecule has 1 aliphatic rings. The van der Waals surface area contributed by atoms with E-state index >= 15 is 0 Å². The third kappa shape index (κ3) is 4.91. The number of nitro benzene ring substituents is 1. The molecule has 2 heterocycles. The maximum atomic E-state index is 13.1. The van der Waals surface area contributed by atoms with Crippen LogP contribution in [0.15, 0.2) is 77.3 Å². The Labute approximate surface area is 200 Å². The average Bonchev–Trinajstić information content (AvgIpc) is 3.41. The number of thioether (sulfide) groups is 1. The van der Waals surface area contributed by atoms with Crippen LogP contribution in [0, 0.1) is 10.1 Å². The van der Waals surface area contributed by atoms with Crippen molar-refractivity contribution >= 4 is 40.3 Å². The number of benzene rings is 2. The number of aliphatic imine (C=N–C) groups is 1. The molecule has 0 unspecified atom stereocenters. The molecule has 1 aromatic heterocycles. The number of nitro groups is 1. The van der Waals surface area contributed by atoms with Crippen molar-refractivity contribution in [1.82, 2.24) is 15.1 Å². The Hall–Kier alpha value is -4.18. The van der Waals surface area contributed by atoms with Gasteiger partial charge in [0, 0.05) is 29.8 Å². The van der Waals surface area contributed by atoms with Crippen molar-refractivity contribution in [2.75, 3.05) is 13.2 Å². The summed E-state index contributed by atoms with van der Waals surface area (Å²) in [6.07, 6.45) is 4.93. The fourth-order valence-electron chi connectivity index (χ4n) is 3.33. The Morgan fingerprint density at radius 3 is 2.79 bits per heavy atom. The number of aromatic nitrogens is 2. The summed E-state index contributed by atoms with van der Waals surface area (Å²) in [5, 5.41) is 18.6. The minimum Gasteiger partial charge on any atom is -0.494 e. The van der Waals surface area contributed by atoms with E-state index in [2.05, 4.69) is 21.8 Å². The highest BCUT2D eigenvalue weighted by molar-refractivity contribution is 8.18. The molecule has 0 saturated carbocycles. The Balaban J connectivity index is 1.66. The van der Waals surface area contributed by atoms with E-state index < -0.39 is 4.92 Å². The van der Waals surface area contributed by atoms with Crippen molar-refractivity contribution in [3.8, 4) is 17.0 Å². The molecule has 0 spiro atoms. The number of nitrogens with zero attached hydrogens (tertiary/aromatic N) is 4. The van der Waals surface area contributed by atoms with Crippen molar-refractivity contribution in [2.24, 2.45) is 4.99 Å². The van der Waals surface area contributed by atoms with Crippen LogP contribution in [0.2, 0.25) is 0 Å². The molecule has 1 saturated heterocycles. The molecule has 2 aromatic carbocycles. The predicted octanol–water partition coefficient (Wildman–Crippen LogP) is 5.17. The average molecular weight is 476 g/mol. The molecule has 0 bridgehead atoms. The molecule has 0 radical (unpaired) electrons. The second kappa shape index (κ2) is 10.2. The maximum absolute atomic E-state index is 13.1. The van der Waals surface area contributed by atoms with Crippen molar-refractivity contribution in [3.05, 3.63) is 88.0 Å². The van der Waals surface area contributed by atoms with E-state index in [0.717, 1.165) is 5.75 Å². The zero-order valence-electron chi connectivity index (χ0n) is 18.3. The Morgan fingerprint density at radius 2 is 2.09 bits per heavy atom. The van der Waals surface area contributed by atoms with Gasteiger partial charge in [0.05, 0.1) is 34.0 Å². The Bertz CT molecular complexity index is 1300. The van der Waals surface area contributed by atoms with Gasteiger partial charge in [-0.05, 0) is 49.0 Å². The molecule has 1 fully saturated rings. The van der Waals surface area contributed by atoms with Gasteiger partial charge in [-0.1, -0.05) is 18.2 Å². The van der Waals surface area contributed by atoms with Gasteiger partial charge in [-0.3, -0.25) is 24.9 Å². The second-order valence-electron chi connectivity index (χ2n) is 7.14. The number of non-ortho nitro benzene ring substituents is 1. The van der Waals surface area contributed by atoms with Crippen LogP contribution in [-0.2, 0) is 4.79 Å². The number of amides is 1. The lowest BCUT2D eigenvalue weighted by Crippen LogP contribution is -2.29. The van der Waals surface area contributed by atoms with Crippen molar-refractivity contribution in [2.45, 2.75) is 6.92 Å². The van der Waals surface area contributed by atoms with Crippen LogP contribution in [0.25, 0.3) is 17.3 Å². The Kier molecular flexibility index (Phi) is 6.88. The second-order valence-corrected chi connectivity index (χ2v) is 8.15. The maximum Gasteiger partial charge on any atom is 0.270 e. The summed E-state index contributed by atoms with van der Waals surface area (Å²) < 4.78 is 5.46. The fraction of sp³-hybridized carbons (Fsp3) is 0.125. The fourth-order valence-corrected chi connectivity index (χ4v) is 4.33. The van der Waals surface area contributed by atoms with E-state index in [9.17, 15) is 14.9 Å². The first-order valence-corrected chi connectivity index (χ1v) is 11.2. The third-order valence-corrected chi connectivity index (χ3v) is 5.88. The third-order valence-electron chi connectivity index (χ3n) is 4.87. The first-order chi connectivity index (χ1) is 16.5. The summed E-state index contributed by atoms with van der Waals surface area (Å²) in [7, 11) is 0. The molecule has 3 aromatic rings. The van der Waals surface area contributed by atoms with Crippen LogP contribution in [-0.4, -0.2) is 44.2 Å². The van der Waals surface area contributed by atoms with Crippen LogP contribution in [0.3, 0.4) is 0 Å². The number of carbonyl (C=O) groups excluding carboxylic acids is 1. The zero-order chi connectivity index (χ0) is 24.1. The number of aromatic amines is 1. The van der Waals surface area contributed by atoms with Crippen molar-refractivity contribution < 1.29 is 14.5 Å². The quantitative estimate of drug-likeness (QED) is 0.208. The number of nitrogens with one attached hydrogen (secondary N) is 1. The molecule has 1 N–H and O–H groups in total. The summed E-state index contributed by atoms with van der Waals surface area (Å²) in [5.41, 5.74) is 2.47. The monoisotopic (exact) mass is 475 g/mol. The topological polar surface area (TPSA) is 114 Å². The van der Waals surface area contributed by atoms with Gasteiger partial charge in [0.15, 0.2) is 5.17 Å². The molecule has 9 nitrogen and oxygen atoms in total. The first kappa shape index (κ1) is 23.0. The molecule has 34 heavy (non-hydrogen) atoms. The van der Waals surface area contributed by atoms with Gasteiger partial charge in [0.1, 0.15) is 5.75 Å². The molecule has 1 amide bonds. The normalized spacial score (nSPS) is 15.8. The molecule has 0 atom stereocenters. The van der Waals surface area contributed by atoms with Gasteiger partial charge < -0.3 is 4.74 Å². The van der Waals surface area contributed by atoms with Gasteiger partial charge in [-0.25, -0.2) is 4.99 Å². The summed E-state index contributed by atoms with van der Waals surface area (Å²) in [6.45, 7) is 6.54. The Morgan fingerprint density at radius 1 is 1.29 bits per heavy atom. The van der Waals surface area contributed by atoms with E-state index in [1.807, 2.05) is 31.2 Å². The molecule has 172 valence electrons. The zero-order valence-corrected chi connectivity index (χ0v) is 19.1. The van der Waals surface area contributed by atoms with Gasteiger partial charge in [0.2, 0.25) is 0 Å². The standard InChI is InChI=1S/C24H21N5O4S/c1-3-12-28-23(30)21(34-24(28)26-18-8-10-20(11-9-18)33-4-2)14-17-15-25-27-22(17)16-6-5-7-19(13-16)29(31)32/h3,5-11,13-15H,1,4,12H2,2H3,(H,25,27). The number of H-pyrrole nitrogens is 1. The van der Waals surface area contributed by atoms with Gasteiger partial charge in [-0.2, -0.15) is 5.10 Å². The largest absolute Gasteiger partial charge is 0.494 e. The highest BCUT2D eigenvalue weighted by atomic mass is 32.2. The number of carbonyl (C=O) groups is 1. The molecular formula is C24H21N5O4S. The van der Waals surface area contributed by atoms with Gasteiger partial charge in [-0.15, -0.1) is 6.58 Å². The van der Waals surface area contributed by atoms with Crippen LogP contribution in [0.5, 0.6) is 5.75 Å². The number of amidine groups is 1. The predicted molar refractivity (Wildman–Crippen MR) is 133 cm³/mol. The van der Waals surface area contributed by atoms with E-state index in [-0.39, 0.29) is 11.6 Å². The first-order valence-electron chi connectivity index (χ1n) is 10.4. The summed E-state index contributed by atoms with van der Waals surface area (Å²) in [4.78, 5) is 30.5. The summed E-state index contributed by atoms with van der Waals surface area (Å²) in [5.74, 6) is 0.541. The SMILES string of the molecule is C=CCN1C(=O)C(=Cc2cn[nH]c2-c2cccc([N+](=O)[O-])c2)SC1=Nc1ccc(OCC)cc1. The lowest BCUT2D eigenvalue weighted by atomic mass is 10.1.